The molecule has 3 saturated heterocycles. The molecule has 0 bridgehead atoms. The molecule has 3 amide bonds. The van der Waals surface area contributed by atoms with E-state index in [0.29, 0.717) is 65.4 Å². The Morgan fingerprint density at radius 2 is 1.68 bits per heavy atom. The second kappa shape index (κ2) is 11.1. The Balaban J connectivity index is 1.34. The molecular formula is C26H36N6O6. The van der Waals surface area contributed by atoms with Gasteiger partial charge in [-0.1, -0.05) is 0 Å². The van der Waals surface area contributed by atoms with Crippen LogP contribution in [0.4, 0.5) is 16.2 Å². The zero-order valence-corrected chi connectivity index (χ0v) is 21.9. The summed E-state index contributed by atoms with van der Waals surface area (Å²) in [7, 11) is 0. The number of fused-ring (bicyclic) bond motifs is 3. The molecule has 1 aromatic carbocycles. The molecule has 12 nitrogen and oxygen atoms in total. The van der Waals surface area contributed by atoms with Crippen LogP contribution >= 0.6 is 0 Å². The number of nitrogens with zero attached hydrogens (tertiary/aromatic N) is 6. The Hall–Kier alpha value is -3.41. The third kappa shape index (κ3) is 5.27. The van der Waals surface area contributed by atoms with Crippen LogP contribution in [0.3, 0.4) is 0 Å². The standard InChI is InChI=1S/C26H36N6O6/c1-2-38-26(35)30-12-10-29(11-13-30)25(34)21-16-19-15-20(32(36)37)5-6-22(19)31-14-9-27(17-23(21)31)18-24(33)28-7-3-4-8-28/h5-6,15,21,23H,2-4,7-14,16-18H2,1H3/t21-,23-/m1/s1. The van der Waals surface area contributed by atoms with Gasteiger partial charge in [-0.15, -0.1) is 0 Å². The van der Waals surface area contributed by atoms with Crippen molar-refractivity contribution < 1.29 is 24.0 Å². The van der Waals surface area contributed by atoms with Crippen molar-refractivity contribution in [3.63, 3.8) is 0 Å². The second-order valence-electron chi connectivity index (χ2n) is 10.5. The van der Waals surface area contributed by atoms with E-state index < -0.39 is 10.8 Å². The SMILES string of the molecule is CCOC(=O)N1CCN(C(=O)[C@@H]2Cc3cc([N+](=O)[O-])ccc3N3CCN(CC(=O)N4CCCC4)C[C@H]23)CC1. The highest BCUT2D eigenvalue weighted by atomic mass is 16.6. The van der Waals surface area contributed by atoms with Gasteiger partial charge in [-0.25, -0.2) is 4.79 Å². The van der Waals surface area contributed by atoms with Crippen molar-refractivity contribution in [3.05, 3.63) is 33.9 Å². The van der Waals surface area contributed by atoms with Gasteiger partial charge in [0, 0.05) is 76.7 Å². The van der Waals surface area contributed by atoms with E-state index in [4.69, 9.17) is 4.74 Å². The first-order valence-electron chi connectivity index (χ1n) is 13.6. The third-order valence-electron chi connectivity index (χ3n) is 8.24. The van der Waals surface area contributed by atoms with Gasteiger partial charge in [-0.3, -0.25) is 24.6 Å². The molecule has 0 aliphatic carbocycles. The minimum Gasteiger partial charge on any atom is -0.450 e. The topological polar surface area (TPSA) is 120 Å². The number of amides is 3. The van der Waals surface area contributed by atoms with Crippen molar-refractivity contribution in [2.75, 3.05) is 77.0 Å². The maximum atomic E-state index is 13.9. The number of carbonyl (C=O) groups excluding carboxylic acids is 3. The minimum atomic E-state index is -0.403. The summed E-state index contributed by atoms with van der Waals surface area (Å²) in [4.78, 5) is 59.6. The van der Waals surface area contributed by atoms with E-state index in [1.807, 2.05) is 4.90 Å². The highest BCUT2D eigenvalue weighted by Gasteiger charge is 2.44. The van der Waals surface area contributed by atoms with Crippen molar-refractivity contribution in [1.82, 2.24) is 19.6 Å². The molecule has 4 aliphatic rings. The lowest BCUT2D eigenvalue weighted by atomic mass is 9.82. The lowest BCUT2D eigenvalue weighted by molar-refractivity contribution is -0.384. The van der Waals surface area contributed by atoms with E-state index in [9.17, 15) is 24.5 Å². The van der Waals surface area contributed by atoms with Crippen molar-refractivity contribution >= 4 is 29.3 Å². The molecule has 0 spiro atoms. The molecule has 206 valence electrons. The number of hydrogen-bond donors (Lipinski definition) is 0. The molecular weight excluding hydrogens is 492 g/mol. The van der Waals surface area contributed by atoms with Gasteiger partial charge in [0.2, 0.25) is 11.8 Å². The first-order chi connectivity index (χ1) is 18.4. The Kier molecular flexibility index (Phi) is 7.68. The molecule has 1 aromatic rings. The van der Waals surface area contributed by atoms with E-state index in [1.54, 1.807) is 28.9 Å². The van der Waals surface area contributed by atoms with E-state index in [0.717, 1.165) is 37.2 Å². The summed E-state index contributed by atoms with van der Waals surface area (Å²) >= 11 is 0. The lowest BCUT2D eigenvalue weighted by Crippen LogP contribution is -2.63. The Labute approximate surface area is 222 Å². The summed E-state index contributed by atoms with van der Waals surface area (Å²) in [6.07, 6.45) is 2.13. The average Bonchev–Trinajstić information content (AvgIpc) is 3.47. The largest absolute Gasteiger partial charge is 0.450 e. The van der Waals surface area contributed by atoms with Gasteiger partial charge >= 0.3 is 6.09 Å². The number of non-ortho nitro benzene ring substituents is 1. The number of nitro groups is 1. The van der Waals surface area contributed by atoms with Gasteiger partial charge in [0.25, 0.3) is 5.69 Å². The number of piperazine rings is 2. The molecule has 38 heavy (non-hydrogen) atoms. The number of hydrogen-bond acceptors (Lipinski definition) is 8. The van der Waals surface area contributed by atoms with Crippen molar-refractivity contribution in [2.24, 2.45) is 5.92 Å². The van der Waals surface area contributed by atoms with E-state index in [-0.39, 0.29) is 29.6 Å². The van der Waals surface area contributed by atoms with E-state index in [2.05, 4.69) is 9.80 Å². The van der Waals surface area contributed by atoms with Gasteiger partial charge in [0.15, 0.2) is 0 Å². The van der Waals surface area contributed by atoms with Crippen LogP contribution in [0.1, 0.15) is 25.3 Å². The Morgan fingerprint density at radius 1 is 0.974 bits per heavy atom. The zero-order chi connectivity index (χ0) is 26.8. The number of carbonyl (C=O) groups is 3. The van der Waals surface area contributed by atoms with Gasteiger partial charge in [-0.2, -0.15) is 0 Å². The summed E-state index contributed by atoms with van der Waals surface area (Å²) in [5.41, 5.74) is 1.76. The monoisotopic (exact) mass is 528 g/mol. The van der Waals surface area contributed by atoms with E-state index in [1.165, 1.54) is 6.07 Å². The van der Waals surface area contributed by atoms with Gasteiger partial charge in [0.1, 0.15) is 0 Å². The first kappa shape index (κ1) is 26.2. The number of benzene rings is 1. The number of rotatable bonds is 5. The molecule has 0 unspecified atom stereocenters. The summed E-state index contributed by atoms with van der Waals surface area (Å²) in [5, 5.41) is 11.5. The molecule has 12 heteroatoms. The quantitative estimate of drug-likeness (QED) is 0.413. The van der Waals surface area contributed by atoms with Gasteiger partial charge in [-0.05, 0) is 37.8 Å². The number of nitro benzene ring substituents is 1. The smallest absolute Gasteiger partial charge is 0.409 e. The molecule has 4 aliphatic heterocycles. The molecule has 5 rings (SSSR count). The Morgan fingerprint density at radius 3 is 2.37 bits per heavy atom. The zero-order valence-electron chi connectivity index (χ0n) is 21.9. The number of anilines is 1. The molecule has 0 saturated carbocycles. The van der Waals surface area contributed by atoms with Crippen molar-refractivity contribution in [1.29, 1.82) is 0 Å². The fraction of sp³-hybridized carbons (Fsp3) is 0.654. The summed E-state index contributed by atoms with van der Waals surface area (Å²) in [5.74, 6) is -0.266. The van der Waals surface area contributed by atoms with Crippen LogP contribution in [0.2, 0.25) is 0 Å². The predicted molar refractivity (Wildman–Crippen MR) is 139 cm³/mol. The maximum absolute atomic E-state index is 13.9. The van der Waals surface area contributed by atoms with Crippen LogP contribution in [0.25, 0.3) is 0 Å². The van der Waals surface area contributed by atoms with Crippen LogP contribution in [-0.4, -0.2) is 121 Å². The second-order valence-corrected chi connectivity index (χ2v) is 10.5. The van der Waals surface area contributed by atoms with Crippen molar-refractivity contribution in [3.8, 4) is 0 Å². The molecule has 3 fully saturated rings. The molecule has 0 radical (unpaired) electrons. The normalized spacial score (nSPS) is 23.6. The number of likely N-dealkylation sites (tertiary alicyclic amines) is 1. The molecule has 0 aromatic heterocycles. The number of ether oxygens (including phenoxy) is 1. The minimum absolute atomic E-state index is 0.00613. The van der Waals surface area contributed by atoms with Gasteiger partial charge < -0.3 is 24.3 Å². The third-order valence-corrected chi connectivity index (χ3v) is 8.24. The summed E-state index contributed by atoms with van der Waals surface area (Å²) in [6.45, 7) is 7.59. The first-order valence-corrected chi connectivity index (χ1v) is 13.6. The predicted octanol–water partition coefficient (Wildman–Crippen LogP) is 1.18. The highest BCUT2D eigenvalue weighted by molar-refractivity contribution is 5.83. The van der Waals surface area contributed by atoms with Crippen LogP contribution in [0, 0.1) is 16.0 Å². The highest BCUT2D eigenvalue weighted by Crippen LogP contribution is 2.38. The van der Waals surface area contributed by atoms with Crippen LogP contribution in [0.5, 0.6) is 0 Å². The average molecular weight is 529 g/mol. The van der Waals surface area contributed by atoms with Gasteiger partial charge in [0.05, 0.1) is 30.0 Å². The Bertz CT molecular complexity index is 1080. The molecule has 2 atom stereocenters. The van der Waals surface area contributed by atoms with Crippen LogP contribution in [0.15, 0.2) is 18.2 Å². The van der Waals surface area contributed by atoms with Crippen LogP contribution < -0.4 is 4.90 Å². The summed E-state index contributed by atoms with van der Waals surface area (Å²) in [6, 6.07) is 4.77. The lowest BCUT2D eigenvalue weighted by Gasteiger charge is -2.50. The van der Waals surface area contributed by atoms with Crippen molar-refractivity contribution in [2.45, 2.75) is 32.2 Å². The molecule has 0 N–H and O–H groups in total. The fourth-order valence-corrected chi connectivity index (χ4v) is 6.23. The molecule has 4 heterocycles. The van der Waals surface area contributed by atoms with E-state index >= 15 is 0 Å². The summed E-state index contributed by atoms with van der Waals surface area (Å²) < 4.78 is 5.10. The van der Waals surface area contributed by atoms with Crippen LogP contribution in [-0.2, 0) is 20.7 Å². The fourth-order valence-electron chi connectivity index (χ4n) is 6.23. The maximum Gasteiger partial charge on any atom is 0.409 e.